The van der Waals surface area contributed by atoms with Crippen molar-refractivity contribution in [2.45, 2.75) is 57.2 Å². The van der Waals surface area contributed by atoms with Crippen LogP contribution in [0.2, 0.25) is 0 Å². The van der Waals surface area contributed by atoms with Crippen molar-refractivity contribution in [3.63, 3.8) is 0 Å². The van der Waals surface area contributed by atoms with Gasteiger partial charge in [-0.25, -0.2) is 0 Å². The predicted octanol–water partition coefficient (Wildman–Crippen LogP) is 1.38. The van der Waals surface area contributed by atoms with Crippen LogP contribution in [0.1, 0.15) is 44.6 Å². The fourth-order valence-corrected chi connectivity index (χ4v) is 5.09. The third-order valence-electron chi connectivity index (χ3n) is 6.89. The smallest absolute Gasteiger partial charge is 0.222 e. The van der Waals surface area contributed by atoms with E-state index in [-0.39, 0.29) is 0 Å². The Balaban J connectivity index is 1.31. The van der Waals surface area contributed by atoms with Gasteiger partial charge in [0.15, 0.2) is 0 Å². The summed E-state index contributed by atoms with van der Waals surface area (Å²) in [4.78, 5) is 14.9. The maximum absolute atomic E-state index is 12.8. The number of hydrazine groups is 2. The lowest BCUT2D eigenvalue weighted by molar-refractivity contribution is -0.133. The number of piperidine rings is 1. The minimum atomic E-state index is 0.319. The zero-order valence-corrected chi connectivity index (χ0v) is 16.4. The third-order valence-corrected chi connectivity index (χ3v) is 6.89. The van der Waals surface area contributed by atoms with Gasteiger partial charge in [0.25, 0.3) is 0 Å². The molecular formula is C21H33N5O. The van der Waals surface area contributed by atoms with E-state index >= 15 is 0 Å². The van der Waals surface area contributed by atoms with Crippen molar-refractivity contribution < 1.29 is 4.79 Å². The van der Waals surface area contributed by atoms with E-state index in [1.54, 1.807) is 0 Å². The number of likely N-dealkylation sites (tertiary alicyclic amines) is 1. The van der Waals surface area contributed by atoms with Crippen molar-refractivity contribution in [2.24, 2.45) is 11.8 Å². The van der Waals surface area contributed by atoms with Gasteiger partial charge in [0.2, 0.25) is 5.91 Å². The summed E-state index contributed by atoms with van der Waals surface area (Å²) in [6.45, 7) is 7.07. The fraction of sp³-hybridized carbons (Fsp3) is 0.667. The minimum absolute atomic E-state index is 0.319. The van der Waals surface area contributed by atoms with E-state index in [4.69, 9.17) is 0 Å². The Hall–Kier alpha value is -1.47. The number of carbonyl (C=O) groups excluding carboxylic acids is 1. The predicted molar refractivity (Wildman–Crippen MR) is 107 cm³/mol. The SMILES string of the molecule is CC1NNC(C)C1CC(=O)N1CCC(C2NNCC2c2ccccc2)CC1. The molecule has 0 spiro atoms. The van der Waals surface area contributed by atoms with E-state index in [1.807, 2.05) is 0 Å². The molecule has 0 radical (unpaired) electrons. The molecule has 1 amide bonds. The van der Waals surface area contributed by atoms with E-state index in [9.17, 15) is 4.79 Å². The van der Waals surface area contributed by atoms with Crippen molar-refractivity contribution in [3.05, 3.63) is 35.9 Å². The normalized spacial score (nSPS) is 34.9. The lowest BCUT2D eigenvalue weighted by atomic mass is 9.80. The molecule has 4 unspecified atom stereocenters. The monoisotopic (exact) mass is 371 g/mol. The maximum atomic E-state index is 12.8. The van der Waals surface area contributed by atoms with E-state index in [0.29, 0.717) is 48.2 Å². The topological polar surface area (TPSA) is 68.4 Å². The second-order valence-corrected chi connectivity index (χ2v) is 8.52. The fourth-order valence-electron chi connectivity index (χ4n) is 5.09. The molecule has 0 aliphatic carbocycles. The molecule has 1 aromatic rings. The molecule has 6 nitrogen and oxygen atoms in total. The van der Waals surface area contributed by atoms with Gasteiger partial charge in [-0.3, -0.25) is 26.5 Å². The van der Waals surface area contributed by atoms with Gasteiger partial charge in [-0.1, -0.05) is 30.3 Å². The molecule has 27 heavy (non-hydrogen) atoms. The summed E-state index contributed by atoms with van der Waals surface area (Å²) >= 11 is 0. The summed E-state index contributed by atoms with van der Waals surface area (Å²) in [5.41, 5.74) is 14.8. The first kappa shape index (κ1) is 18.9. The van der Waals surface area contributed by atoms with Crippen LogP contribution in [0.3, 0.4) is 0 Å². The van der Waals surface area contributed by atoms with E-state index in [1.165, 1.54) is 5.56 Å². The van der Waals surface area contributed by atoms with Crippen molar-refractivity contribution in [3.8, 4) is 0 Å². The molecule has 0 saturated carbocycles. The summed E-state index contributed by atoms with van der Waals surface area (Å²) in [6.07, 6.45) is 2.81. The highest BCUT2D eigenvalue weighted by Crippen LogP contribution is 2.32. The molecular weight excluding hydrogens is 338 g/mol. The van der Waals surface area contributed by atoms with Gasteiger partial charge in [-0.2, -0.15) is 0 Å². The van der Waals surface area contributed by atoms with Crippen LogP contribution < -0.4 is 21.7 Å². The highest BCUT2D eigenvalue weighted by molar-refractivity contribution is 5.76. The van der Waals surface area contributed by atoms with Gasteiger partial charge in [0, 0.05) is 56.0 Å². The molecule has 1 aromatic carbocycles. The quantitative estimate of drug-likeness (QED) is 0.644. The molecule has 4 N–H and O–H groups in total. The Morgan fingerprint density at radius 3 is 2.37 bits per heavy atom. The highest BCUT2D eigenvalue weighted by Gasteiger charge is 2.38. The number of benzene rings is 1. The Labute approximate surface area is 162 Å². The standard InChI is InChI=1S/C21H33N5O/c1-14-18(15(2)24-23-14)12-20(27)26-10-8-17(9-11-26)21-19(13-22-25-21)16-6-4-3-5-7-16/h3-7,14-15,17-19,21-25H,8-13H2,1-2H3. The highest BCUT2D eigenvalue weighted by atomic mass is 16.2. The molecule has 6 heteroatoms. The van der Waals surface area contributed by atoms with Gasteiger partial charge >= 0.3 is 0 Å². The van der Waals surface area contributed by atoms with Gasteiger partial charge in [0.05, 0.1) is 0 Å². The summed E-state index contributed by atoms with van der Waals surface area (Å²) < 4.78 is 0. The van der Waals surface area contributed by atoms with Crippen molar-refractivity contribution in [1.29, 1.82) is 0 Å². The summed E-state index contributed by atoms with van der Waals surface area (Å²) in [7, 11) is 0. The first-order chi connectivity index (χ1) is 13.1. The van der Waals surface area contributed by atoms with Crippen LogP contribution in [0, 0.1) is 11.8 Å². The van der Waals surface area contributed by atoms with Crippen LogP contribution in [0.5, 0.6) is 0 Å². The summed E-state index contributed by atoms with van der Waals surface area (Å²) in [5.74, 6) is 1.82. The number of amides is 1. The molecule has 4 rings (SSSR count). The molecule has 3 fully saturated rings. The lowest BCUT2D eigenvalue weighted by Crippen LogP contribution is -2.46. The van der Waals surface area contributed by atoms with Crippen LogP contribution in [-0.2, 0) is 4.79 Å². The average Bonchev–Trinajstić information content (AvgIpc) is 3.31. The number of nitrogens with one attached hydrogen (secondary N) is 4. The number of hydrogen-bond donors (Lipinski definition) is 4. The molecule has 0 aromatic heterocycles. The Kier molecular flexibility index (Phi) is 5.78. The van der Waals surface area contributed by atoms with E-state index in [2.05, 4.69) is 70.8 Å². The van der Waals surface area contributed by atoms with Gasteiger partial charge < -0.3 is 4.90 Å². The molecule has 3 heterocycles. The molecule has 3 aliphatic heterocycles. The largest absolute Gasteiger partial charge is 0.343 e. The number of hydrogen-bond acceptors (Lipinski definition) is 5. The molecule has 4 atom stereocenters. The van der Waals surface area contributed by atoms with Gasteiger partial charge in [0.1, 0.15) is 0 Å². The number of nitrogens with zero attached hydrogens (tertiary/aromatic N) is 1. The minimum Gasteiger partial charge on any atom is -0.343 e. The zero-order valence-electron chi connectivity index (χ0n) is 16.4. The zero-order chi connectivity index (χ0) is 18.8. The molecule has 148 valence electrons. The maximum Gasteiger partial charge on any atom is 0.222 e. The van der Waals surface area contributed by atoms with Crippen LogP contribution >= 0.6 is 0 Å². The lowest BCUT2D eigenvalue weighted by Gasteiger charge is -2.37. The van der Waals surface area contributed by atoms with Gasteiger partial charge in [-0.05, 0) is 38.2 Å². The molecule has 3 saturated heterocycles. The van der Waals surface area contributed by atoms with E-state index < -0.39 is 0 Å². The van der Waals surface area contributed by atoms with Crippen molar-refractivity contribution >= 4 is 5.91 Å². The van der Waals surface area contributed by atoms with Gasteiger partial charge in [-0.15, -0.1) is 0 Å². The number of carbonyl (C=O) groups is 1. The average molecular weight is 372 g/mol. The summed E-state index contributed by atoms with van der Waals surface area (Å²) in [6, 6.07) is 11.9. The molecule has 3 aliphatic rings. The second-order valence-electron chi connectivity index (χ2n) is 8.52. The molecule has 0 bridgehead atoms. The Morgan fingerprint density at radius 2 is 1.70 bits per heavy atom. The summed E-state index contributed by atoms with van der Waals surface area (Å²) in [5, 5.41) is 0. The third kappa shape index (κ3) is 4.04. The van der Waals surface area contributed by atoms with E-state index in [0.717, 1.165) is 32.5 Å². The Bertz CT molecular complexity index is 621. The van der Waals surface area contributed by atoms with Crippen LogP contribution in [0.15, 0.2) is 30.3 Å². The van der Waals surface area contributed by atoms with Crippen LogP contribution in [-0.4, -0.2) is 48.6 Å². The number of rotatable bonds is 4. The van der Waals surface area contributed by atoms with Crippen LogP contribution in [0.4, 0.5) is 0 Å². The first-order valence-corrected chi connectivity index (χ1v) is 10.5. The Morgan fingerprint density at radius 1 is 1.04 bits per heavy atom. The van der Waals surface area contributed by atoms with Crippen LogP contribution in [0.25, 0.3) is 0 Å². The van der Waals surface area contributed by atoms with Crippen molar-refractivity contribution in [2.75, 3.05) is 19.6 Å². The first-order valence-electron chi connectivity index (χ1n) is 10.5. The van der Waals surface area contributed by atoms with Crippen molar-refractivity contribution in [1.82, 2.24) is 26.6 Å². The second kappa shape index (κ2) is 8.27.